The number of nitriles is 1. The molecule has 19 heavy (non-hydrogen) atoms. The van der Waals surface area contributed by atoms with Crippen LogP contribution in [0.2, 0.25) is 0 Å². The third-order valence-corrected chi connectivity index (χ3v) is 3.59. The topological polar surface area (TPSA) is 66.9 Å². The number of non-ortho nitro benzene ring substituents is 1. The Morgan fingerprint density at radius 3 is 2.58 bits per heavy atom. The normalized spacial score (nSPS) is 9.84. The van der Waals surface area contributed by atoms with E-state index < -0.39 is 4.92 Å². The van der Waals surface area contributed by atoms with Gasteiger partial charge in [0.05, 0.1) is 16.6 Å². The minimum absolute atomic E-state index is 0.0934. The molecule has 0 N–H and O–H groups in total. The smallest absolute Gasteiger partial charge is 0.258 e. The van der Waals surface area contributed by atoms with Crippen LogP contribution in [-0.2, 0) is 5.75 Å². The molecule has 0 fully saturated rings. The Kier molecular flexibility index (Phi) is 4.16. The average Bonchev–Trinajstić information content (AvgIpc) is 2.46. The Bertz CT molecular complexity index is 633. The fourth-order valence-electron chi connectivity index (χ4n) is 1.56. The van der Waals surface area contributed by atoms with Crippen molar-refractivity contribution in [3.05, 3.63) is 69.8 Å². The lowest BCUT2D eigenvalue weighted by atomic mass is 10.2. The molecular weight excluding hydrogens is 260 g/mol. The molecule has 0 bridgehead atoms. The molecule has 0 spiro atoms. The van der Waals surface area contributed by atoms with E-state index in [0.29, 0.717) is 5.56 Å². The van der Waals surface area contributed by atoms with E-state index in [1.807, 2.05) is 18.2 Å². The lowest BCUT2D eigenvalue weighted by Crippen LogP contribution is -1.87. The number of benzene rings is 2. The highest BCUT2D eigenvalue weighted by Gasteiger charge is 2.04. The lowest BCUT2D eigenvalue weighted by Gasteiger charge is -2.02. The van der Waals surface area contributed by atoms with Crippen molar-refractivity contribution in [3.63, 3.8) is 0 Å². The van der Waals surface area contributed by atoms with Gasteiger partial charge >= 0.3 is 0 Å². The predicted molar refractivity (Wildman–Crippen MR) is 73.8 cm³/mol. The van der Waals surface area contributed by atoms with E-state index in [-0.39, 0.29) is 5.69 Å². The Labute approximate surface area is 114 Å². The summed E-state index contributed by atoms with van der Waals surface area (Å²) in [5, 5.41) is 19.3. The molecule has 0 aromatic heterocycles. The highest BCUT2D eigenvalue weighted by Crippen LogP contribution is 2.25. The van der Waals surface area contributed by atoms with Gasteiger partial charge in [0.2, 0.25) is 0 Å². The van der Waals surface area contributed by atoms with Gasteiger partial charge in [-0.1, -0.05) is 12.1 Å². The summed E-state index contributed by atoms with van der Waals surface area (Å²) in [6, 6.07) is 16.0. The zero-order chi connectivity index (χ0) is 13.7. The van der Waals surface area contributed by atoms with Crippen LogP contribution in [-0.4, -0.2) is 4.92 Å². The molecule has 2 aromatic carbocycles. The molecule has 0 amide bonds. The van der Waals surface area contributed by atoms with Gasteiger partial charge in [-0.25, -0.2) is 0 Å². The zero-order valence-corrected chi connectivity index (χ0v) is 10.8. The first kappa shape index (κ1) is 13.1. The lowest BCUT2D eigenvalue weighted by molar-refractivity contribution is -0.384. The summed E-state index contributed by atoms with van der Waals surface area (Å²) in [6.07, 6.45) is 0. The summed E-state index contributed by atoms with van der Waals surface area (Å²) in [5.41, 5.74) is 1.79. The quantitative estimate of drug-likeness (QED) is 0.482. The molecule has 0 unspecified atom stereocenters. The van der Waals surface area contributed by atoms with E-state index in [1.165, 1.54) is 12.1 Å². The van der Waals surface area contributed by atoms with Crippen molar-refractivity contribution in [3.8, 4) is 6.07 Å². The van der Waals surface area contributed by atoms with Crippen LogP contribution in [0.3, 0.4) is 0 Å². The van der Waals surface area contributed by atoms with Crippen LogP contribution in [0.1, 0.15) is 11.1 Å². The zero-order valence-electron chi connectivity index (χ0n) is 9.95. The standard InChI is InChI=1S/C14H10N2O2S/c15-9-11-2-1-3-12(8-11)10-19-14-6-4-13(5-7-14)16(17)18/h1-8H,10H2. The first-order chi connectivity index (χ1) is 9.19. The molecule has 94 valence electrons. The van der Waals surface area contributed by atoms with E-state index in [1.54, 1.807) is 30.0 Å². The van der Waals surface area contributed by atoms with Crippen LogP contribution in [0, 0.1) is 21.4 Å². The van der Waals surface area contributed by atoms with Gasteiger partial charge in [-0.3, -0.25) is 10.1 Å². The summed E-state index contributed by atoms with van der Waals surface area (Å²) in [4.78, 5) is 11.1. The highest BCUT2D eigenvalue weighted by molar-refractivity contribution is 7.98. The third kappa shape index (κ3) is 3.57. The summed E-state index contributed by atoms with van der Waals surface area (Å²) >= 11 is 1.58. The number of nitro groups is 1. The Balaban J connectivity index is 2.02. The number of hydrogen-bond acceptors (Lipinski definition) is 4. The minimum atomic E-state index is -0.412. The summed E-state index contributed by atoms with van der Waals surface area (Å²) in [5.74, 6) is 0.729. The Morgan fingerprint density at radius 2 is 1.95 bits per heavy atom. The van der Waals surface area contributed by atoms with Crippen molar-refractivity contribution >= 4 is 17.4 Å². The van der Waals surface area contributed by atoms with Crippen molar-refractivity contribution in [2.45, 2.75) is 10.6 Å². The molecule has 2 rings (SSSR count). The second kappa shape index (κ2) is 6.03. The van der Waals surface area contributed by atoms with Gasteiger partial charge in [-0.2, -0.15) is 5.26 Å². The maximum absolute atomic E-state index is 10.5. The van der Waals surface area contributed by atoms with Gasteiger partial charge in [0, 0.05) is 22.8 Å². The third-order valence-electron chi connectivity index (χ3n) is 2.51. The molecule has 2 aromatic rings. The molecule has 0 saturated carbocycles. The SMILES string of the molecule is N#Cc1cccc(CSc2ccc([N+](=O)[O-])cc2)c1. The monoisotopic (exact) mass is 270 g/mol. The van der Waals surface area contributed by atoms with Gasteiger partial charge in [0.25, 0.3) is 5.69 Å². The molecule has 0 aliphatic carbocycles. The van der Waals surface area contributed by atoms with Gasteiger partial charge < -0.3 is 0 Å². The molecule has 4 nitrogen and oxygen atoms in total. The van der Waals surface area contributed by atoms with Crippen LogP contribution >= 0.6 is 11.8 Å². The maximum Gasteiger partial charge on any atom is 0.269 e. The Morgan fingerprint density at radius 1 is 1.21 bits per heavy atom. The van der Waals surface area contributed by atoms with Crippen molar-refractivity contribution in [1.82, 2.24) is 0 Å². The molecule has 0 aliphatic rings. The number of thioether (sulfide) groups is 1. The van der Waals surface area contributed by atoms with E-state index in [4.69, 9.17) is 5.26 Å². The molecule has 0 radical (unpaired) electrons. The van der Waals surface area contributed by atoms with Crippen molar-refractivity contribution in [1.29, 1.82) is 5.26 Å². The molecular formula is C14H10N2O2S. The van der Waals surface area contributed by atoms with E-state index in [0.717, 1.165) is 16.2 Å². The average molecular weight is 270 g/mol. The largest absolute Gasteiger partial charge is 0.269 e. The van der Waals surface area contributed by atoms with Crippen molar-refractivity contribution < 1.29 is 4.92 Å². The summed E-state index contributed by atoms with van der Waals surface area (Å²) in [6.45, 7) is 0. The van der Waals surface area contributed by atoms with Crippen molar-refractivity contribution in [2.75, 3.05) is 0 Å². The van der Waals surface area contributed by atoms with Gasteiger partial charge in [-0.05, 0) is 29.8 Å². The molecule has 0 aliphatic heterocycles. The van der Waals surface area contributed by atoms with Gasteiger partial charge in [0.1, 0.15) is 0 Å². The predicted octanol–water partition coefficient (Wildman–Crippen LogP) is 3.76. The van der Waals surface area contributed by atoms with E-state index in [2.05, 4.69) is 6.07 Å². The minimum Gasteiger partial charge on any atom is -0.258 e. The van der Waals surface area contributed by atoms with Crippen molar-refractivity contribution in [2.24, 2.45) is 0 Å². The summed E-state index contributed by atoms with van der Waals surface area (Å²) < 4.78 is 0. The van der Waals surface area contributed by atoms with E-state index >= 15 is 0 Å². The number of hydrogen-bond donors (Lipinski definition) is 0. The summed E-state index contributed by atoms with van der Waals surface area (Å²) in [7, 11) is 0. The number of nitrogens with zero attached hydrogens (tertiary/aromatic N) is 2. The fraction of sp³-hybridized carbons (Fsp3) is 0.0714. The van der Waals surface area contributed by atoms with Crippen LogP contribution in [0.5, 0.6) is 0 Å². The van der Waals surface area contributed by atoms with Gasteiger partial charge in [-0.15, -0.1) is 11.8 Å². The molecule has 5 heteroatoms. The van der Waals surface area contributed by atoms with Crippen LogP contribution in [0.15, 0.2) is 53.4 Å². The second-order valence-corrected chi connectivity index (χ2v) is 4.90. The van der Waals surface area contributed by atoms with Crippen LogP contribution in [0.25, 0.3) is 0 Å². The molecule has 0 saturated heterocycles. The number of rotatable bonds is 4. The molecule has 0 atom stereocenters. The van der Waals surface area contributed by atoms with E-state index in [9.17, 15) is 10.1 Å². The number of nitro benzene ring substituents is 1. The first-order valence-electron chi connectivity index (χ1n) is 5.55. The van der Waals surface area contributed by atoms with Crippen LogP contribution < -0.4 is 0 Å². The Hall–Kier alpha value is -2.32. The second-order valence-electron chi connectivity index (χ2n) is 3.85. The van der Waals surface area contributed by atoms with Gasteiger partial charge in [0.15, 0.2) is 0 Å². The maximum atomic E-state index is 10.5. The molecule has 0 heterocycles. The highest BCUT2D eigenvalue weighted by atomic mass is 32.2. The van der Waals surface area contributed by atoms with Crippen LogP contribution in [0.4, 0.5) is 5.69 Å². The first-order valence-corrected chi connectivity index (χ1v) is 6.54. The fourth-order valence-corrected chi connectivity index (χ4v) is 2.40.